The van der Waals surface area contributed by atoms with Crippen LogP contribution in [0.1, 0.15) is 65.0 Å². The van der Waals surface area contributed by atoms with Gasteiger partial charge in [0, 0.05) is 18.0 Å². The number of ketones is 2. The van der Waals surface area contributed by atoms with Crippen LogP contribution in [-0.2, 0) is 36.8 Å². The molecule has 0 bridgehead atoms. The Hall–Kier alpha value is -2.18. The monoisotopic (exact) mass is 747 g/mol. The van der Waals surface area contributed by atoms with E-state index in [-0.39, 0.29) is 47.6 Å². The van der Waals surface area contributed by atoms with E-state index in [0.29, 0.717) is 32.1 Å². The van der Waals surface area contributed by atoms with E-state index in [4.69, 9.17) is 19.5 Å². The predicted molar refractivity (Wildman–Crippen MR) is 170 cm³/mol. The topological polar surface area (TPSA) is 287 Å². The van der Waals surface area contributed by atoms with E-state index in [2.05, 4.69) is 16.2 Å². The average Bonchev–Trinajstić information content (AvgIpc) is 3.46. The normalized spacial score (nSPS) is 42.1. The van der Waals surface area contributed by atoms with Crippen LogP contribution >= 0.6 is 15.6 Å². The zero-order chi connectivity index (χ0) is 36.6. The molecule has 1 aromatic rings. The molecule has 2 heterocycles. The van der Waals surface area contributed by atoms with Crippen LogP contribution in [0.3, 0.4) is 0 Å². The van der Waals surface area contributed by atoms with Gasteiger partial charge in [0.1, 0.15) is 36.3 Å². The van der Waals surface area contributed by atoms with Gasteiger partial charge >= 0.3 is 21.3 Å². The van der Waals surface area contributed by atoms with Gasteiger partial charge in [-0.05, 0) is 73.8 Å². The van der Waals surface area contributed by atoms with Crippen LogP contribution in [0.5, 0.6) is 0 Å². The van der Waals surface area contributed by atoms with Gasteiger partial charge in [-0.1, -0.05) is 19.4 Å². The summed E-state index contributed by atoms with van der Waals surface area (Å²) in [6.07, 6.45) is -1.66. The fourth-order valence-corrected chi connectivity index (χ4v) is 11.5. The van der Waals surface area contributed by atoms with Crippen LogP contribution in [0.4, 0.5) is 5.82 Å². The lowest BCUT2D eigenvalue weighted by molar-refractivity contribution is -0.182. The van der Waals surface area contributed by atoms with Crippen molar-refractivity contribution < 1.29 is 67.0 Å². The van der Waals surface area contributed by atoms with Gasteiger partial charge in [-0.15, -0.1) is 0 Å². The number of aliphatic hydroxyl groups is 4. The summed E-state index contributed by atoms with van der Waals surface area (Å²) >= 11 is 0. The molecule has 1 aromatic heterocycles. The number of hydrogen-bond donors (Lipinski definition) is 7. The Balaban J connectivity index is 1.07. The van der Waals surface area contributed by atoms with Crippen LogP contribution in [0, 0.1) is 28.6 Å². The first kappa shape index (κ1) is 37.6. The van der Waals surface area contributed by atoms with Crippen molar-refractivity contribution >= 4 is 33.0 Å². The third kappa shape index (κ3) is 6.41. The van der Waals surface area contributed by atoms with Gasteiger partial charge in [0.2, 0.25) is 0 Å². The van der Waals surface area contributed by atoms with E-state index in [0.717, 1.165) is 16.3 Å². The van der Waals surface area contributed by atoms with Gasteiger partial charge < -0.3 is 40.7 Å². The van der Waals surface area contributed by atoms with Crippen LogP contribution in [0.2, 0.25) is 0 Å². The standard InChI is InChI=1S/C30H43N3O15P2/c1-28-8-5-16(34)11-15(28)3-4-17-18-6-9-30(40,29(18,2)12-19(35)23(17)28)21(36)14-46-50(43,44)48-49(41,42)45-13-20-24(37)25(38)26(47-20)33-10-7-22(31)32-27(33)39/h7,10-11,17-20,23-26,35,37-38,40H,3-6,8-9,12-14H2,1-2H3,(H,41,42)(H,43,44)(H2,31,32,39)/t17?,18?,19-,20+,23?,24+,25-,26+,28-,29-,30-/m0/s1. The summed E-state index contributed by atoms with van der Waals surface area (Å²) in [4.78, 5) is 61.7. The molecule has 5 unspecified atom stereocenters. The zero-order valence-electron chi connectivity index (χ0n) is 27.4. The van der Waals surface area contributed by atoms with Gasteiger partial charge in [0.05, 0.1) is 12.7 Å². The zero-order valence-corrected chi connectivity index (χ0v) is 29.2. The molecule has 20 heteroatoms. The number of aromatic nitrogens is 2. The van der Waals surface area contributed by atoms with E-state index in [9.17, 15) is 53.7 Å². The average molecular weight is 748 g/mol. The lowest BCUT2D eigenvalue weighted by Gasteiger charge is -2.60. The molecule has 0 spiro atoms. The van der Waals surface area contributed by atoms with Crippen LogP contribution < -0.4 is 11.4 Å². The van der Waals surface area contributed by atoms with Crippen molar-refractivity contribution in [3.63, 3.8) is 0 Å². The van der Waals surface area contributed by atoms with Crippen molar-refractivity contribution in [2.45, 2.75) is 95.0 Å². The third-order valence-corrected chi connectivity index (χ3v) is 14.5. The number of nitrogens with zero attached hydrogens (tertiary/aromatic N) is 2. The summed E-state index contributed by atoms with van der Waals surface area (Å²) in [7, 11) is -10.9. The first-order valence-corrected chi connectivity index (χ1v) is 19.4. The molecule has 4 aliphatic carbocycles. The number of anilines is 1. The molecule has 1 aliphatic heterocycles. The molecule has 3 saturated carbocycles. The number of fused-ring (bicyclic) bond motifs is 5. The summed E-state index contributed by atoms with van der Waals surface area (Å²) in [6.45, 7) is 1.65. The number of nitrogens with two attached hydrogens (primary N) is 1. The van der Waals surface area contributed by atoms with Gasteiger partial charge in [0.25, 0.3) is 0 Å². The Kier molecular flexibility index (Phi) is 9.80. The van der Waals surface area contributed by atoms with Gasteiger partial charge in [-0.25, -0.2) is 13.9 Å². The van der Waals surface area contributed by atoms with Crippen molar-refractivity contribution in [2.24, 2.45) is 28.6 Å². The number of phosphoric ester groups is 2. The van der Waals surface area contributed by atoms with Crippen molar-refractivity contribution in [3.05, 3.63) is 34.4 Å². The van der Waals surface area contributed by atoms with Crippen LogP contribution in [0.15, 0.2) is 28.7 Å². The number of carbonyl (C=O) groups excluding carboxylic acids is 2. The maximum atomic E-state index is 13.5. The number of phosphoric acid groups is 2. The fraction of sp³-hybridized carbons (Fsp3) is 0.733. The molecule has 5 aliphatic rings. The van der Waals surface area contributed by atoms with E-state index in [1.807, 2.05) is 0 Å². The van der Waals surface area contributed by atoms with Gasteiger partial charge in [0.15, 0.2) is 17.8 Å². The molecule has 50 heavy (non-hydrogen) atoms. The molecule has 0 amide bonds. The number of nitrogen functional groups attached to an aromatic ring is 1. The molecule has 1 saturated heterocycles. The summed E-state index contributed by atoms with van der Waals surface area (Å²) < 4.78 is 45.2. The Labute approximate surface area is 286 Å². The first-order valence-electron chi connectivity index (χ1n) is 16.4. The van der Waals surface area contributed by atoms with Crippen molar-refractivity contribution in [2.75, 3.05) is 18.9 Å². The fourth-order valence-electron chi connectivity index (χ4n) is 9.47. The molecular formula is C30H43N3O15P2. The number of rotatable bonds is 10. The molecule has 6 rings (SSSR count). The highest BCUT2D eigenvalue weighted by atomic mass is 31.3. The molecule has 8 N–H and O–H groups in total. The van der Waals surface area contributed by atoms with E-state index < -0.39 is 82.0 Å². The minimum atomic E-state index is -5.49. The highest BCUT2D eigenvalue weighted by Gasteiger charge is 2.68. The second-order valence-electron chi connectivity index (χ2n) is 14.6. The van der Waals surface area contributed by atoms with Crippen molar-refractivity contribution in [1.29, 1.82) is 0 Å². The summed E-state index contributed by atoms with van der Waals surface area (Å²) in [6, 6.07) is 1.23. The second kappa shape index (κ2) is 13.0. The maximum absolute atomic E-state index is 13.5. The van der Waals surface area contributed by atoms with Crippen molar-refractivity contribution in [3.8, 4) is 0 Å². The van der Waals surface area contributed by atoms with Gasteiger partial charge in [-0.3, -0.25) is 23.2 Å². The minimum absolute atomic E-state index is 0.00248. The summed E-state index contributed by atoms with van der Waals surface area (Å²) in [5, 5.41) is 44.1. The van der Waals surface area contributed by atoms with Crippen molar-refractivity contribution in [1.82, 2.24) is 9.55 Å². The Morgan fingerprint density at radius 3 is 2.48 bits per heavy atom. The van der Waals surface area contributed by atoms with Crippen LogP contribution in [0.25, 0.3) is 0 Å². The molecule has 0 radical (unpaired) electrons. The van der Waals surface area contributed by atoms with E-state index in [1.165, 1.54) is 6.07 Å². The first-order chi connectivity index (χ1) is 23.2. The Bertz CT molecular complexity index is 1740. The summed E-state index contributed by atoms with van der Waals surface area (Å²) in [5.74, 6) is -1.40. The molecule has 13 atom stereocenters. The second-order valence-corrected chi connectivity index (χ2v) is 17.6. The SMILES string of the molecule is C[C@]12CCC(=O)C=C1CCC1C2[C@@H](O)C[C@@]2(C)C1CC[C@]2(O)C(=O)COP(=O)(O)OP(=O)(O)OC[C@H]1O[C@@H](n2ccc(N)nc2=O)[C@@H](O)[C@@H]1O. The number of Topliss-reactive ketones (excluding diaryl/α,β-unsaturated/α-hetero) is 1. The Morgan fingerprint density at radius 1 is 1.08 bits per heavy atom. The number of ether oxygens (including phenoxy) is 1. The predicted octanol–water partition coefficient (Wildman–Crippen LogP) is 0.498. The smallest absolute Gasteiger partial charge is 0.393 e. The van der Waals surface area contributed by atoms with Crippen LogP contribution in [-0.4, -0.2) is 94.6 Å². The number of aliphatic hydroxyl groups excluding tert-OH is 3. The highest BCUT2D eigenvalue weighted by molar-refractivity contribution is 7.61. The minimum Gasteiger partial charge on any atom is -0.393 e. The highest BCUT2D eigenvalue weighted by Crippen LogP contribution is 2.68. The number of hydrogen-bond acceptors (Lipinski definition) is 15. The molecular weight excluding hydrogens is 704 g/mol. The lowest BCUT2D eigenvalue weighted by Crippen LogP contribution is -2.62. The summed E-state index contributed by atoms with van der Waals surface area (Å²) in [5.41, 5.74) is 2.00. The molecule has 18 nitrogen and oxygen atoms in total. The quantitative estimate of drug-likeness (QED) is 0.160. The Morgan fingerprint density at radius 2 is 1.78 bits per heavy atom. The molecule has 4 fully saturated rings. The molecule has 0 aromatic carbocycles. The van der Waals surface area contributed by atoms with E-state index >= 15 is 0 Å². The number of carbonyl (C=O) groups is 2. The lowest BCUT2D eigenvalue weighted by atomic mass is 9.45. The largest absolute Gasteiger partial charge is 0.481 e. The maximum Gasteiger partial charge on any atom is 0.481 e. The molecule has 278 valence electrons. The van der Waals surface area contributed by atoms with Gasteiger partial charge in [-0.2, -0.15) is 9.29 Å². The third-order valence-electron chi connectivity index (χ3n) is 11.9. The van der Waals surface area contributed by atoms with E-state index in [1.54, 1.807) is 13.0 Å². The number of allylic oxidation sites excluding steroid dienone is 1.